The van der Waals surface area contributed by atoms with Crippen LogP contribution in [0.2, 0.25) is 0 Å². The quantitative estimate of drug-likeness (QED) is 0.178. The number of rotatable bonds is 4. The zero-order chi connectivity index (χ0) is 40.5. The molecular weight excluding hydrogens is 743 g/mol. The summed E-state index contributed by atoms with van der Waals surface area (Å²) in [6, 6.07) is 72.6. The second-order valence-electron chi connectivity index (χ2n) is 17.2. The second-order valence-corrected chi connectivity index (χ2v) is 17.2. The molecule has 61 heavy (non-hydrogen) atoms. The van der Waals surface area contributed by atoms with E-state index < -0.39 is 5.41 Å². The highest BCUT2D eigenvalue weighted by Crippen LogP contribution is 2.63. The Bertz CT molecular complexity index is 3400. The molecule has 0 unspecified atom stereocenters. The lowest BCUT2D eigenvalue weighted by atomic mass is 9.66. The molecule has 0 saturated heterocycles. The standard InChI is InChI=1S/C58H39NO2/c1-57(2)46-21-9-6-19-40(46)42-30-28-37(32-50(42)57)59(52-25-13-8-18-39(52)36-16-4-3-5-17-36)38-29-31-43-45-34-44-41-20-7-10-22-47(41)58(51(44)35-56(45)61-55(43)33-38)48-23-11-14-26-53(48)60-54-27-15-12-24-49(54)58/h3-35H,1-2H3. The van der Waals surface area contributed by atoms with Gasteiger partial charge in [0.15, 0.2) is 0 Å². The SMILES string of the molecule is CC1(C)c2ccccc2-c2ccc(N(c3ccc4c(c3)oc3cc5c(cc34)-c3ccccc3C53c4ccccc4Oc4ccccc43)c3ccccc3-c3ccccc3)cc21. The smallest absolute Gasteiger partial charge is 0.137 e. The molecule has 1 spiro atoms. The van der Waals surface area contributed by atoms with E-state index in [0.29, 0.717) is 0 Å². The van der Waals surface area contributed by atoms with Crippen LogP contribution in [0.4, 0.5) is 17.1 Å². The number of nitrogens with zero attached hydrogens (tertiary/aromatic N) is 1. The predicted molar refractivity (Wildman–Crippen MR) is 249 cm³/mol. The maximum absolute atomic E-state index is 7.06. The molecule has 3 heteroatoms. The number of hydrogen-bond acceptors (Lipinski definition) is 3. The van der Waals surface area contributed by atoms with Gasteiger partial charge in [0.05, 0.1) is 11.1 Å². The molecule has 10 aromatic rings. The molecule has 0 radical (unpaired) electrons. The van der Waals surface area contributed by atoms with Crippen molar-refractivity contribution in [3.8, 4) is 44.9 Å². The highest BCUT2D eigenvalue weighted by atomic mass is 16.5. The summed E-state index contributed by atoms with van der Waals surface area (Å²) >= 11 is 0. The molecule has 0 atom stereocenters. The van der Waals surface area contributed by atoms with Gasteiger partial charge in [-0.3, -0.25) is 0 Å². The zero-order valence-electron chi connectivity index (χ0n) is 33.8. The topological polar surface area (TPSA) is 25.6 Å². The van der Waals surface area contributed by atoms with Crippen LogP contribution >= 0.6 is 0 Å². The van der Waals surface area contributed by atoms with Gasteiger partial charge in [0, 0.05) is 50.3 Å². The van der Waals surface area contributed by atoms with Gasteiger partial charge in [-0.1, -0.05) is 153 Å². The van der Waals surface area contributed by atoms with Gasteiger partial charge in [0.2, 0.25) is 0 Å². The van der Waals surface area contributed by atoms with Crippen LogP contribution in [0.3, 0.4) is 0 Å². The summed E-state index contributed by atoms with van der Waals surface area (Å²) in [4.78, 5) is 2.41. The van der Waals surface area contributed by atoms with E-state index in [-0.39, 0.29) is 5.41 Å². The highest BCUT2D eigenvalue weighted by Gasteiger charge is 2.51. The van der Waals surface area contributed by atoms with Crippen LogP contribution in [0, 0.1) is 0 Å². The maximum Gasteiger partial charge on any atom is 0.137 e. The third kappa shape index (κ3) is 4.63. The minimum Gasteiger partial charge on any atom is -0.457 e. The highest BCUT2D eigenvalue weighted by molar-refractivity contribution is 6.09. The zero-order valence-corrected chi connectivity index (χ0v) is 33.8. The molecule has 0 amide bonds. The van der Waals surface area contributed by atoms with Crippen molar-refractivity contribution >= 4 is 39.0 Å². The van der Waals surface area contributed by atoms with Crippen LogP contribution in [0.1, 0.15) is 47.2 Å². The lowest BCUT2D eigenvalue weighted by molar-refractivity contribution is 0.436. The first-order chi connectivity index (χ1) is 30.0. The Morgan fingerprint density at radius 1 is 0.377 bits per heavy atom. The molecule has 3 aliphatic rings. The Morgan fingerprint density at radius 2 is 0.934 bits per heavy atom. The molecule has 0 fully saturated rings. The van der Waals surface area contributed by atoms with Gasteiger partial charge in [-0.15, -0.1) is 0 Å². The Hall–Kier alpha value is -7.62. The lowest BCUT2D eigenvalue weighted by Crippen LogP contribution is -2.32. The van der Waals surface area contributed by atoms with Gasteiger partial charge in [0.25, 0.3) is 0 Å². The van der Waals surface area contributed by atoms with Crippen molar-refractivity contribution < 1.29 is 9.15 Å². The third-order valence-electron chi connectivity index (χ3n) is 13.7. The summed E-state index contributed by atoms with van der Waals surface area (Å²) in [7, 11) is 0. The first-order valence-electron chi connectivity index (χ1n) is 21.2. The third-order valence-corrected chi connectivity index (χ3v) is 13.7. The Kier molecular flexibility index (Phi) is 6.99. The molecule has 13 rings (SSSR count). The molecular formula is C58H39NO2. The van der Waals surface area contributed by atoms with Crippen molar-refractivity contribution in [2.45, 2.75) is 24.7 Å². The van der Waals surface area contributed by atoms with E-state index in [1.165, 1.54) is 50.1 Å². The normalized spacial score (nSPS) is 14.5. The van der Waals surface area contributed by atoms with Gasteiger partial charge in [0.1, 0.15) is 22.7 Å². The molecule has 0 bridgehead atoms. The van der Waals surface area contributed by atoms with Crippen molar-refractivity contribution in [1.29, 1.82) is 0 Å². The van der Waals surface area contributed by atoms with E-state index >= 15 is 0 Å². The monoisotopic (exact) mass is 781 g/mol. The van der Waals surface area contributed by atoms with Crippen LogP contribution in [-0.2, 0) is 10.8 Å². The number of ether oxygens (including phenoxy) is 1. The predicted octanol–water partition coefficient (Wildman–Crippen LogP) is 15.5. The first kappa shape index (κ1) is 34.3. The lowest BCUT2D eigenvalue weighted by Gasteiger charge is -2.39. The summed E-state index contributed by atoms with van der Waals surface area (Å²) in [5.74, 6) is 1.76. The van der Waals surface area contributed by atoms with Gasteiger partial charge in [-0.25, -0.2) is 0 Å². The molecule has 1 aromatic heterocycles. The Balaban J connectivity index is 1.03. The Labute approximate surface area is 354 Å². The summed E-state index contributed by atoms with van der Waals surface area (Å²) in [5, 5.41) is 2.20. The fraction of sp³-hybridized carbons (Fsp3) is 0.0690. The van der Waals surface area contributed by atoms with Gasteiger partial charge in [-0.2, -0.15) is 0 Å². The number of furan rings is 1. The summed E-state index contributed by atoms with van der Waals surface area (Å²) in [6.07, 6.45) is 0. The molecule has 288 valence electrons. The number of benzene rings is 9. The number of fused-ring (bicyclic) bond motifs is 15. The Morgan fingerprint density at radius 3 is 1.69 bits per heavy atom. The van der Waals surface area contributed by atoms with Crippen LogP contribution < -0.4 is 9.64 Å². The summed E-state index contributed by atoms with van der Waals surface area (Å²) in [6.45, 7) is 4.70. The van der Waals surface area contributed by atoms with E-state index in [0.717, 1.165) is 67.2 Å². The van der Waals surface area contributed by atoms with Gasteiger partial charge < -0.3 is 14.1 Å². The van der Waals surface area contributed by atoms with Gasteiger partial charge in [-0.05, 0) is 105 Å². The number of hydrogen-bond donors (Lipinski definition) is 0. The van der Waals surface area contributed by atoms with Crippen LogP contribution in [-0.4, -0.2) is 0 Å². The first-order valence-corrected chi connectivity index (χ1v) is 21.2. The van der Waals surface area contributed by atoms with E-state index in [1.54, 1.807) is 0 Å². The fourth-order valence-electron chi connectivity index (χ4n) is 11.0. The minimum atomic E-state index is -0.561. The minimum absolute atomic E-state index is 0.142. The number of para-hydroxylation sites is 3. The average Bonchev–Trinajstić information content (AvgIpc) is 3.89. The van der Waals surface area contributed by atoms with E-state index in [2.05, 4.69) is 219 Å². The van der Waals surface area contributed by atoms with E-state index in [9.17, 15) is 0 Å². The number of anilines is 3. The van der Waals surface area contributed by atoms with E-state index in [1.807, 2.05) is 0 Å². The molecule has 1 aliphatic heterocycles. The van der Waals surface area contributed by atoms with Crippen molar-refractivity contribution in [2.24, 2.45) is 0 Å². The van der Waals surface area contributed by atoms with Crippen molar-refractivity contribution in [3.63, 3.8) is 0 Å². The molecule has 0 saturated carbocycles. The van der Waals surface area contributed by atoms with Crippen molar-refractivity contribution in [3.05, 3.63) is 234 Å². The summed E-state index contributed by atoms with van der Waals surface area (Å²) < 4.78 is 13.7. The average molecular weight is 782 g/mol. The van der Waals surface area contributed by atoms with Crippen molar-refractivity contribution in [1.82, 2.24) is 0 Å². The van der Waals surface area contributed by atoms with Crippen LogP contribution in [0.25, 0.3) is 55.3 Å². The fourth-order valence-corrected chi connectivity index (χ4v) is 11.0. The maximum atomic E-state index is 7.06. The molecule has 0 N–H and O–H groups in total. The van der Waals surface area contributed by atoms with Crippen LogP contribution in [0.15, 0.2) is 205 Å². The molecule has 9 aromatic carbocycles. The van der Waals surface area contributed by atoms with Crippen LogP contribution in [0.5, 0.6) is 11.5 Å². The molecule has 2 aliphatic carbocycles. The van der Waals surface area contributed by atoms with Gasteiger partial charge >= 0.3 is 0 Å². The second kappa shape index (κ2) is 12.5. The summed E-state index contributed by atoms with van der Waals surface area (Å²) in [5.41, 5.74) is 19.1. The molecule has 2 heterocycles. The largest absolute Gasteiger partial charge is 0.457 e. The van der Waals surface area contributed by atoms with E-state index in [4.69, 9.17) is 9.15 Å². The van der Waals surface area contributed by atoms with Crippen molar-refractivity contribution in [2.75, 3.05) is 4.90 Å². The molecule has 3 nitrogen and oxygen atoms in total.